The number of pyridine rings is 2. The number of rotatable bonds is 9. The van der Waals surface area contributed by atoms with Crippen molar-refractivity contribution in [2.75, 3.05) is 23.2 Å². The first-order valence-corrected chi connectivity index (χ1v) is 12.0. The topological polar surface area (TPSA) is 112 Å². The molecule has 0 spiro atoms. The van der Waals surface area contributed by atoms with E-state index < -0.39 is 50.1 Å². The summed E-state index contributed by atoms with van der Waals surface area (Å²) in [6.07, 6.45) is -4.59. The van der Waals surface area contributed by atoms with E-state index in [1.54, 1.807) is 11.9 Å². The molecule has 2 heterocycles. The third-order valence-corrected chi connectivity index (χ3v) is 6.41. The average molecular weight is 527 g/mol. The van der Waals surface area contributed by atoms with Crippen LogP contribution in [-0.2, 0) is 21.0 Å². The molecule has 0 aliphatic carbocycles. The Bertz CT molecular complexity index is 1380. The fourth-order valence-electron chi connectivity index (χ4n) is 3.34. The summed E-state index contributed by atoms with van der Waals surface area (Å²) in [6, 6.07) is 8.97. The van der Waals surface area contributed by atoms with Crippen molar-refractivity contribution >= 4 is 27.6 Å². The molecule has 192 valence electrons. The highest BCUT2D eigenvalue weighted by Gasteiger charge is 2.35. The van der Waals surface area contributed by atoms with Crippen molar-refractivity contribution in [3.05, 3.63) is 65.5 Å². The highest BCUT2D eigenvalue weighted by atomic mass is 32.2. The van der Waals surface area contributed by atoms with Crippen molar-refractivity contribution in [3.8, 4) is 11.3 Å². The van der Waals surface area contributed by atoms with Crippen LogP contribution < -0.4 is 9.62 Å². The van der Waals surface area contributed by atoms with Crippen LogP contribution in [0.15, 0.2) is 53.6 Å². The number of nitrogens with one attached hydrogen (secondary N) is 1. The van der Waals surface area contributed by atoms with E-state index in [2.05, 4.69) is 14.7 Å². The van der Waals surface area contributed by atoms with E-state index in [4.69, 9.17) is 5.11 Å². The lowest BCUT2D eigenvalue weighted by atomic mass is 10.0. The minimum Gasteiger partial charge on any atom is -0.481 e. The van der Waals surface area contributed by atoms with Gasteiger partial charge in [0.15, 0.2) is 5.03 Å². The van der Waals surface area contributed by atoms with Crippen LogP contribution in [0.3, 0.4) is 0 Å². The largest absolute Gasteiger partial charge is 0.481 e. The number of nitrogens with zero attached hydrogens (tertiary/aromatic N) is 3. The van der Waals surface area contributed by atoms with Gasteiger partial charge in [-0.2, -0.15) is 21.6 Å². The van der Waals surface area contributed by atoms with Gasteiger partial charge in [0.05, 0.1) is 11.3 Å². The maximum atomic E-state index is 13.8. The molecule has 0 fully saturated rings. The fourth-order valence-corrected chi connectivity index (χ4v) is 4.30. The zero-order chi connectivity index (χ0) is 26.7. The van der Waals surface area contributed by atoms with E-state index in [1.165, 1.54) is 31.2 Å². The van der Waals surface area contributed by atoms with Gasteiger partial charge in [0.1, 0.15) is 17.5 Å². The van der Waals surface area contributed by atoms with Crippen molar-refractivity contribution in [1.82, 2.24) is 9.97 Å². The SMILES string of the molecule is Cc1ccc(F)cc1-c1nc(NS(=O)(=O)c2cccc(N(C)CCCC(=O)O)n2)ccc1C(F)(F)F. The molecule has 0 atom stereocenters. The summed E-state index contributed by atoms with van der Waals surface area (Å²) >= 11 is 0. The van der Waals surface area contributed by atoms with Crippen molar-refractivity contribution in [1.29, 1.82) is 0 Å². The minimum absolute atomic E-state index is 0.0728. The zero-order valence-electron chi connectivity index (χ0n) is 19.2. The molecule has 0 unspecified atom stereocenters. The summed E-state index contributed by atoms with van der Waals surface area (Å²) in [5.41, 5.74) is -1.59. The first-order chi connectivity index (χ1) is 16.8. The Labute approximate surface area is 204 Å². The quantitative estimate of drug-likeness (QED) is 0.388. The van der Waals surface area contributed by atoms with Gasteiger partial charge in [0.25, 0.3) is 10.0 Å². The van der Waals surface area contributed by atoms with E-state index in [9.17, 15) is 30.8 Å². The Morgan fingerprint density at radius 3 is 2.50 bits per heavy atom. The van der Waals surface area contributed by atoms with Crippen LogP contribution in [0, 0.1) is 12.7 Å². The lowest BCUT2D eigenvalue weighted by molar-refractivity contribution is -0.138. The predicted octanol–water partition coefficient (Wildman–Crippen LogP) is 4.71. The number of aromatic nitrogens is 2. The molecule has 8 nitrogen and oxygen atoms in total. The van der Waals surface area contributed by atoms with Crippen LogP contribution in [0.1, 0.15) is 24.0 Å². The molecule has 0 aliphatic heterocycles. The normalized spacial score (nSPS) is 11.8. The number of aryl methyl sites for hydroxylation is 1. The summed E-state index contributed by atoms with van der Waals surface area (Å²) in [4.78, 5) is 20.2. The van der Waals surface area contributed by atoms with E-state index in [0.29, 0.717) is 24.6 Å². The van der Waals surface area contributed by atoms with Gasteiger partial charge in [-0.25, -0.2) is 14.4 Å². The number of halogens is 4. The monoisotopic (exact) mass is 526 g/mol. The number of hydrogen-bond donors (Lipinski definition) is 2. The minimum atomic E-state index is -4.82. The maximum Gasteiger partial charge on any atom is 0.418 e. The first kappa shape index (κ1) is 26.9. The molecular formula is C23H22F4N4O4S. The molecule has 36 heavy (non-hydrogen) atoms. The van der Waals surface area contributed by atoms with E-state index in [1.807, 2.05) is 0 Å². The van der Waals surface area contributed by atoms with E-state index >= 15 is 0 Å². The molecule has 0 aliphatic rings. The molecule has 13 heteroatoms. The van der Waals surface area contributed by atoms with Gasteiger partial charge in [-0.1, -0.05) is 12.1 Å². The number of carboxylic acids is 1. The van der Waals surface area contributed by atoms with Gasteiger partial charge in [-0.3, -0.25) is 9.52 Å². The van der Waals surface area contributed by atoms with Crippen LogP contribution in [0.5, 0.6) is 0 Å². The molecule has 3 rings (SSSR count). The second-order valence-electron chi connectivity index (χ2n) is 7.91. The zero-order valence-corrected chi connectivity index (χ0v) is 20.0. The Balaban J connectivity index is 1.95. The summed E-state index contributed by atoms with van der Waals surface area (Å²) in [5.74, 6) is -1.90. The number of carbonyl (C=O) groups is 1. The van der Waals surface area contributed by atoms with Gasteiger partial charge in [-0.15, -0.1) is 0 Å². The van der Waals surface area contributed by atoms with Crippen molar-refractivity contribution in [2.45, 2.75) is 31.0 Å². The highest BCUT2D eigenvalue weighted by Crippen LogP contribution is 2.38. The highest BCUT2D eigenvalue weighted by molar-refractivity contribution is 7.92. The average Bonchev–Trinajstić information content (AvgIpc) is 2.79. The Morgan fingerprint density at radius 2 is 1.83 bits per heavy atom. The third-order valence-electron chi connectivity index (χ3n) is 5.15. The number of carboxylic acid groups (broad SMARTS) is 1. The number of benzene rings is 1. The van der Waals surface area contributed by atoms with Crippen LogP contribution in [0.2, 0.25) is 0 Å². The van der Waals surface area contributed by atoms with Crippen LogP contribution in [-0.4, -0.2) is 43.1 Å². The molecule has 0 saturated carbocycles. The van der Waals surface area contributed by atoms with E-state index in [-0.39, 0.29) is 17.8 Å². The summed E-state index contributed by atoms with van der Waals surface area (Å²) < 4.78 is 82.7. The molecule has 2 aromatic heterocycles. The Hall–Kier alpha value is -3.74. The number of aliphatic carboxylic acids is 1. The Morgan fingerprint density at radius 1 is 1.11 bits per heavy atom. The fraction of sp³-hybridized carbons (Fsp3) is 0.261. The van der Waals surface area contributed by atoms with Crippen molar-refractivity contribution in [2.24, 2.45) is 0 Å². The molecule has 2 N–H and O–H groups in total. The molecule has 0 saturated heterocycles. The Kier molecular flexibility index (Phi) is 7.82. The summed E-state index contributed by atoms with van der Waals surface area (Å²) in [7, 11) is -2.76. The number of anilines is 2. The van der Waals surface area contributed by atoms with Crippen LogP contribution in [0.25, 0.3) is 11.3 Å². The van der Waals surface area contributed by atoms with Gasteiger partial charge < -0.3 is 10.0 Å². The van der Waals surface area contributed by atoms with Crippen LogP contribution >= 0.6 is 0 Å². The summed E-state index contributed by atoms with van der Waals surface area (Å²) in [5, 5.41) is 8.34. The lowest BCUT2D eigenvalue weighted by Gasteiger charge is -2.18. The molecule has 0 bridgehead atoms. The predicted molar refractivity (Wildman–Crippen MR) is 125 cm³/mol. The lowest BCUT2D eigenvalue weighted by Crippen LogP contribution is -2.22. The third kappa shape index (κ3) is 6.47. The number of sulfonamides is 1. The van der Waals surface area contributed by atoms with Crippen LogP contribution in [0.4, 0.5) is 29.2 Å². The smallest absolute Gasteiger partial charge is 0.418 e. The second-order valence-corrected chi connectivity index (χ2v) is 9.54. The number of alkyl halides is 3. The standard InChI is InChI=1S/C23H22F4N4O4S/c1-14-8-9-15(24)13-16(14)22-17(23(25,26)27)10-11-18(28-22)30-36(34,35)20-6-3-5-19(29-20)31(2)12-4-7-21(32)33/h3,5-6,8-11,13H,4,7,12H2,1-2H3,(H,28,30)(H,32,33). The molecule has 1 aromatic carbocycles. The maximum absolute atomic E-state index is 13.8. The molecule has 3 aromatic rings. The second kappa shape index (κ2) is 10.5. The first-order valence-electron chi connectivity index (χ1n) is 10.6. The summed E-state index contributed by atoms with van der Waals surface area (Å²) in [6.45, 7) is 1.78. The molecule has 0 amide bonds. The van der Waals surface area contributed by atoms with Gasteiger partial charge in [0.2, 0.25) is 0 Å². The molecule has 0 radical (unpaired) electrons. The van der Waals surface area contributed by atoms with Gasteiger partial charge in [0, 0.05) is 25.6 Å². The molecular weight excluding hydrogens is 504 g/mol. The van der Waals surface area contributed by atoms with Gasteiger partial charge >= 0.3 is 12.1 Å². The van der Waals surface area contributed by atoms with Crippen molar-refractivity contribution in [3.63, 3.8) is 0 Å². The van der Waals surface area contributed by atoms with Gasteiger partial charge in [-0.05, 0) is 55.3 Å². The van der Waals surface area contributed by atoms with E-state index in [0.717, 1.165) is 18.2 Å². The van der Waals surface area contributed by atoms with Crippen molar-refractivity contribution < 1.29 is 35.9 Å². The number of hydrogen-bond acceptors (Lipinski definition) is 6.